The van der Waals surface area contributed by atoms with Gasteiger partial charge in [0.15, 0.2) is 0 Å². The summed E-state index contributed by atoms with van der Waals surface area (Å²) in [5.41, 5.74) is 1.20. The van der Waals surface area contributed by atoms with Gasteiger partial charge in [-0.1, -0.05) is 30.3 Å². The van der Waals surface area contributed by atoms with E-state index in [2.05, 4.69) is 22.3 Å². The lowest BCUT2D eigenvalue weighted by atomic mass is 10.0. The third-order valence-corrected chi connectivity index (χ3v) is 4.68. The normalized spacial score (nSPS) is 25.6. The van der Waals surface area contributed by atoms with Crippen molar-refractivity contribution >= 4 is 12.0 Å². The van der Waals surface area contributed by atoms with E-state index in [1.165, 1.54) is 5.56 Å². The van der Waals surface area contributed by atoms with Gasteiger partial charge in [-0.05, 0) is 18.4 Å². The van der Waals surface area contributed by atoms with Crippen LogP contribution in [0.15, 0.2) is 30.3 Å². The molecule has 3 rings (SSSR count). The molecule has 0 spiro atoms. The Kier molecular flexibility index (Phi) is 4.81. The molecule has 0 radical (unpaired) electrons. The number of piperidine rings is 1. The molecule has 1 aromatic carbocycles. The fraction of sp³-hybridized carbons (Fsp3) is 0.529. The highest BCUT2D eigenvalue weighted by molar-refractivity contribution is 5.77. The number of nitrogens with zero attached hydrogens (tertiary/aromatic N) is 2. The molecule has 0 unspecified atom stereocenters. The number of hydrogen-bond acceptors (Lipinski definition) is 3. The number of benzene rings is 1. The maximum Gasteiger partial charge on any atom is 0.404 e. The lowest BCUT2D eigenvalue weighted by Gasteiger charge is -2.35. The molecule has 0 saturated carbocycles. The molecule has 2 atom stereocenters. The average molecular weight is 317 g/mol. The smallest absolute Gasteiger partial charge is 0.404 e. The third kappa shape index (κ3) is 3.82. The van der Waals surface area contributed by atoms with Crippen molar-refractivity contribution in [1.29, 1.82) is 0 Å². The van der Waals surface area contributed by atoms with Crippen LogP contribution in [-0.2, 0) is 11.3 Å². The van der Waals surface area contributed by atoms with E-state index in [1.54, 1.807) is 0 Å². The highest BCUT2D eigenvalue weighted by atomic mass is 16.4. The number of likely N-dealkylation sites (tertiary alicyclic amines) is 2. The second-order valence-electron chi connectivity index (χ2n) is 6.35. The van der Waals surface area contributed by atoms with Crippen LogP contribution in [0.3, 0.4) is 0 Å². The van der Waals surface area contributed by atoms with E-state index in [0.29, 0.717) is 19.5 Å². The first-order valence-electron chi connectivity index (χ1n) is 8.18. The summed E-state index contributed by atoms with van der Waals surface area (Å²) in [6.07, 6.45) is 1.49. The van der Waals surface area contributed by atoms with E-state index in [4.69, 9.17) is 5.11 Å². The number of carbonyl (C=O) groups is 2. The first kappa shape index (κ1) is 15.8. The van der Waals surface area contributed by atoms with Crippen LogP contribution in [0, 0.1) is 0 Å². The summed E-state index contributed by atoms with van der Waals surface area (Å²) in [5, 5.41) is 11.7. The largest absolute Gasteiger partial charge is 0.465 e. The van der Waals surface area contributed by atoms with Gasteiger partial charge in [0, 0.05) is 32.6 Å². The Labute approximate surface area is 136 Å². The van der Waals surface area contributed by atoms with Gasteiger partial charge < -0.3 is 15.3 Å². The van der Waals surface area contributed by atoms with Crippen LogP contribution in [0.25, 0.3) is 0 Å². The molecule has 2 aliphatic heterocycles. The quantitative estimate of drug-likeness (QED) is 0.883. The Morgan fingerprint density at radius 2 is 2.00 bits per heavy atom. The molecule has 2 amide bonds. The van der Waals surface area contributed by atoms with Gasteiger partial charge in [0.25, 0.3) is 0 Å². The second kappa shape index (κ2) is 7.00. The van der Waals surface area contributed by atoms with Crippen molar-refractivity contribution in [2.24, 2.45) is 0 Å². The molecule has 0 aromatic heterocycles. The number of carboxylic acid groups (broad SMARTS) is 1. The van der Waals surface area contributed by atoms with E-state index < -0.39 is 6.09 Å². The molecular formula is C17H23N3O3. The Morgan fingerprint density at radius 1 is 1.22 bits per heavy atom. The lowest BCUT2D eigenvalue weighted by molar-refractivity contribution is -0.135. The van der Waals surface area contributed by atoms with Gasteiger partial charge in [-0.15, -0.1) is 0 Å². The molecular weight excluding hydrogens is 294 g/mol. The fourth-order valence-electron chi connectivity index (χ4n) is 3.63. The highest BCUT2D eigenvalue weighted by Gasteiger charge is 2.40. The summed E-state index contributed by atoms with van der Waals surface area (Å²) < 4.78 is 0. The Bertz CT molecular complexity index is 563. The van der Waals surface area contributed by atoms with Gasteiger partial charge in [0.1, 0.15) is 0 Å². The predicted octanol–water partition coefficient (Wildman–Crippen LogP) is 1.52. The maximum atomic E-state index is 12.2. The van der Waals surface area contributed by atoms with E-state index in [0.717, 1.165) is 25.9 Å². The lowest BCUT2D eigenvalue weighted by Crippen LogP contribution is -2.54. The van der Waals surface area contributed by atoms with Crippen molar-refractivity contribution in [2.75, 3.05) is 19.6 Å². The number of carbonyl (C=O) groups excluding carboxylic acids is 1. The zero-order valence-electron chi connectivity index (χ0n) is 13.1. The van der Waals surface area contributed by atoms with Gasteiger partial charge in [0.05, 0.1) is 12.1 Å². The minimum absolute atomic E-state index is 0.0670. The topological polar surface area (TPSA) is 72.9 Å². The molecule has 2 heterocycles. The maximum absolute atomic E-state index is 12.2. The molecule has 2 saturated heterocycles. The summed E-state index contributed by atoms with van der Waals surface area (Å²) in [5.74, 6) is 0.153. The first-order chi connectivity index (χ1) is 11.1. The van der Waals surface area contributed by atoms with Crippen LogP contribution in [0.2, 0.25) is 0 Å². The van der Waals surface area contributed by atoms with Crippen molar-refractivity contribution < 1.29 is 14.7 Å². The van der Waals surface area contributed by atoms with Crippen LogP contribution >= 0.6 is 0 Å². The number of amides is 2. The van der Waals surface area contributed by atoms with E-state index in [1.807, 2.05) is 23.1 Å². The number of hydrogen-bond donors (Lipinski definition) is 2. The third-order valence-electron chi connectivity index (χ3n) is 4.68. The Morgan fingerprint density at radius 3 is 2.70 bits per heavy atom. The summed E-state index contributed by atoms with van der Waals surface area (Å²) in [7, 11) is 0. The van der Waals surface area contributed by atoms with Crippen LogP contribution < -0.4 is 5.32 Å². The Hall–Kier alpha value is -2.08. The molecule has 1 aromatic rings. The zero-order chi connectivity index (χ0) is 16.2. The van der Waals surface area contributed by atoms with Gasteiger partial charge in [-0.25, -0.2) is 4.79 Å². The number of nitrogens with one attached hydrogen (secondary N) is 1. The number of rotatable bonds is 4. The molecule has 2 fully saturated rings. The predicted molar refractivity (Wildman–Crippen MR) is 86.0 cm³/mol. The minimum Gasteiger partial charge on any atom is -0.465 e. The Balaban J connectivity index is 1.71. The van der Waals surface area contributed by atoms with E-state index in [9.17, 15) is 9.59 Å². The minimum atomic E-state index is -1.02. The molecule has 6 nitrogen and oxygen atoms in total. The van der Waals surface area contributed by atoms with E-state index in [-0.39, 0.29) is 18.0 Å². The molecule has 23 heavy (non-hydrogen) atoms. The highest BCUT2D eigenvalue weighted by Crippen LogP contribution is 2.23. The summed E-state index contributed by atoms with van der Waals surface area (Å²) in [6, 6.07) is 9.84. The van der Waals surface area contributed by atoms with Gasteiger partial charge in [-0.3, -0.25) is 9.69 Å². The molecule has 6 heteroatoms. The monoisotopic (exact) mass is 317 g/mol. The molecule has 0 bridgehead atoms. The average Bonchev–Trinajstić information content (AvgIpc) is 2.90. The van der Waals surface area contributed by atoms with Gasteiger partial charge in [-0.2, -0.15) is 0 Å². The van der Waals surface area contributed by atoms with Crippen LogP contribution in [0.1, 0.15) is 24.8 Å². The second-order valence-corrected chi connectivity index (χ2v) is 6.35. The standard InChI is InChI=1S/C17H23N3O3/c21-16-8-4-5-9-20(16)15-12-19(11-14(15)18-17(22)23)10-13-6-2-1-3-7-13/h1-3,6-7,14-15,18H,4-5,8-12H2,(H,22,23)/t14-,15-/m0/s1. The van der Waals surface area contributed by atoms with Gasteiger partial charge >= 0.3 is 6.09 Å². The molecule has 2 aliphatic rings. The van der Waals surface area contributed by atoms with Crippen molar-refractivity contribution in [1.82, 2.24) is 15.1 Å². The SMILES string of the molecule is O=C(O)N[C@H]1CN(Cc2ccccc2)C[C@@H]1N1CCCCC1=O. The summed E-state index contributed by atoms with van der Waals surface area (Å²) >= 11 is 0. The van der Waals surface area contributed by atoms with Crippen LogP contribution in [-0.4, -0.2) is 58.6 Å². The summed E-state index contributed by atoms with van der Waals surface area (Å²) in [4.78, 5) is 27.4. The zero-order valence-corrected chi connectivity index (χ0v) is 13.1. The fourth-order valence-corrected chi connectivity index (χ4v) is 3.63. The molecule has 0 aliphatic carbocycles. The summed E-state index contributed by atoms with van der Waals surface area (Å²) in [6.45, 7) is 2.86. The van der Waals surface area contributed by atoms with Crippen molar-refractivity contribution in [3.05, 3.63) is 35.9 Å². The molecule has 2 N–H and O–H groups in total. The van der Waals surface area contributed by atoms with Crippen LogP contribution in [0.4, 0.5) is 4.79 Å². The van der Waals surface area contributed by atoms with E-state index >= 15 is 0 Å². The van der Waals surface area contributed by atoms with Gasteiger partial charge in [0.2, 0.25) is 5.91 Å². The van der Waals surface area contributed by atoms with Crippen molar-refractivity contribution in [3.8, 4) is 0 Å². The van der Waals surface area contributed by atoms with Crippen molar-refractivity contribution in [3.63, 3.8) is 0 Å². The van der Waals surface area contributed by atoms with Crippen molar-refractivity contribution in [2.45, 2.75) is 37.9 Å². The van der Waals surface area contributed by atoms with Crippen LogP contribution in [0.5, 0.6) is 0 Å². The first-order valence-corrected chi connectivity index (χ1v) is 8.18. The molecule has 124 valence electrons.